The largest absolute Gasteiger partial charge is 0.451 e. The van der Waals surface area contributed by atoms with Gasteiger partial charge in [0, 0.05) is 31.7 Å². The zero-order valence-corrected chi connectivity index (χ0v) is 16.4. The van der Waals surface area contributed by atoms with Gasteiger partial charge in [-0.2, -0.15) is 0 Å². The van der Waals surface area contributed by atoms with Crippen molar-refractivity contribution in [3.63, 3.8) is 0 Å². The van der Waals surface area contributed by atoms with Crippen LogP contribution in [-0.4, -0.2) is 42.9 Å². The quantitative estimate of drug-likeness (QED) is 0.791. The summed E-state index contributed by atoms with van der Waals surface area (Å²) in [6, 6.07) is 10.7. The molecule has 1 aromatic heterocycles. The van der Waals surface area contributed by atoms with Crippen LogP contribution in [-0.2, 0) is 4.79 Å². The first-order valence-corrected chi connectivity index (χ1v) is 9.09. The average molecular weight is 412 g/mol. The van der Waals surface area contributed by atoms with Crippen molar-refractivity contribution in [2.75, 3.05) is 26.2 Å². The van der Waals surface area contributed by atoms with E-state index >= 15 is 0 Å². The van der Waals surface area contributed by atoms with Crippen molar-refractivity contribution in [3.05, 3.63) is 47.2 Å². The van der Waals surface area contributed by atoms with Gasteiger partial charge in [-0.1, -0.05) is 23.7 Å². The molecule has 3 rings (SSSR count). The molecule has 0 spiro atoms. The third-order valence-corrected chi connectivity index (χ3v) is 4.81. The lowest BCUT2D eigenvalue weighted by molar-refractivity contribution is -0.126. The van der Waals surface area contributed by atoms with Crippen molar-refractivity contribution in [3.8, 4) is 11.3 Å². The molecule has 0 bridgehead atoms. The number of nitrogens with one attached hydrogen (secondary N) is 1. The topological polar surface area (TPSA) is 88.6 Å². The highest BCUT2D eigenvalue weighted by atomic mass is 35.5. The maximum absolute atomic E-state index is 12.8. The molecule has 0 aliphatic carbocycles. The van der Waals surface area contributed by atoms with E-state index in [-0.39, 0.29) is 35.9 Å². The number of benzene rings is 1. The molecule has 0 radical (unpaired) electrons. The normalized spacial score (nSPS) is 16.5. The van der Waals surface area contributed by atoms with Crippen molar-refractivity contribution < 1.29 is 14.0 Å². The van der Waals surface area contributed by atoms with Crippen molar-refractivity contribution in [2.24, 2.45) is 11.7 Å². The minimum atomic E-state index is -0.211. The molecular formula is C19H23Cl2N3O3. The van der Waals surface area contributed by atoms with E-state index in [1.165, 1.54) is 0 Å². The molecule has 1 fully saturated rings. The standard InChI is InChI=1S/C19H22ClN3O3.ClH/c20-15-6-2-1-5-14(15)16-7-8-17(26-16)19(25)23-11-3-4-13(12-23)18(24)22-10-9-21;/h1-2,5-8,13H,3-4,9-12,21H2,(H,22,24);1H. The molecular weight excluding hydrogens is 389 g/mol. The van der Waals surface area contributed by atoms with Crippen molar-refractivity contribution in [2.45, 2.75) is 12.8 Å². The molecule has 2 amide bonds. The molecule has 1 unspecified atom stereocenters. The smallest absolute Gasteiger partial charge is 0.289 e. The summed E-state index contributed by atoms with van der Waals surface area (Å²) in [4.78, 5) is 26.6. The van der Waals surface area contributed by atoms with Gasteiger partial charge in [0.25, 0.3) is 5.91 Å². The van der Waals surface area contributed by atoms with E-state index in [2.05, 4.69) is 5.32 Å². The highest BCUT2D eigenvalue weighted by Gasteiger charge is 2.30. The Hall–Kier alpha value is -2.02. The van der Waals surface area contributed by atoms with Gasteiger partial charge in [-0.15, -0.1) is 12.4 Å². The first-order valence-electron chi connectivity index (χ1n) is 8.72. The lowest BCUT2D eigenvalue weighted by atomic mass is 9.97. The van der Waals surface area contributed by atoms with Gasteiger partial charge in [0.05, 0.1) is 10.9 Å². The zero-order chi connectivity index (χ0) is 18.5. The van der Waals surface area contributed by atoms with E-state index in [1.807, 2.05) is 18.2 Å². The second kappa shape index (κ2) is 9.78. The molecule has 1 aliphatic rings. The number of likely N-dealkylation sites (tertiary alicyclic amines) is 1. The number of hydrogen-bond donors (Lipinski definition) is 2. The summed E-state index contributed by atoms with van der Waals surface area (Å²) in [6.45, 7) is 1.85. The Balaban J connectivity index is 0.00000261. The van der Waals surface area contributed by atoms with E-state index in [1.54, 1.807) is 23.1 Å². The first kappa shape index (κ1) is 21.3. The summed E-state index contributed by atoms with van der Waals surface area (Å²) >= 11 is 6.18. The minimum Gasteiger partial charge on any atom is -0.451 e. The summed E-state index contributed by atoms with van der Waals surface area (Å²) in [5.41, 5.74) is 6.16. The van der Waals surface area contributed by atoms with Crippen LogP contribution in [0.1, 0.15) is 23.4 Å². The van der Waals surface area contributed by atoms with Crippen LogP contribution >= 0.6 is 24.0 Å². The predicted molar refractivity (Wildman–Crippen MR) is 107 cm³/mol. The summed E-state index contributed by atoms with van der Waals surface area (Å²) in [6.07, 6.45) is 1.55. The molecule has 3 N–H and O–H groups in total. The molecule has 6 nitrogen and oxygen atoms in total. The van der Waals surface area contributed by atoms with Gasteiger partial charge in [-0.05, 0) is 37.1 Å². The first-order chi connectivity index (χ1) is 12.6. The van der Waals surface area contributed by atoms with Crippen molar-refractivity contribution in [1.29, 1.82) is 0 Å². The zero-order valence-electron chi connectivity index (χ0n) is 14.8. The van der Waals surface area contributed by atoms with E-state index in [4.69, 9.17) is 21.8 Å². The van der Waals surface area contributed by atoms with Gasteiger partial charge >= 0.3 is 0 Å². The van der Waals surface area contributed by atoms with Gasteiger partial charge in [-0.25, -0.2) is 0 Å². The number of hydrogen-bond acceptors (Lipinski definition) is 4. The van der Waals surface area contributed by atoms with Crippen molar-refractivity contribution in [1.82, 2.24) is 10.2 Å². The highest BCUT2D eigenvalue weighted by Crippen LogP contribution is 2.30. The SMILES string of the molecule is Cl.NCCNC(=O)C1CCCN(C(=O)c2ccc(-c3ccccc3Cl)o2)C1. The Morgan fingerprint density at radius 3 is 2.78 bits per heavy atom. The molecule has 1 aliphatic heterocycles. The maximum atomic E-state index is 12.8. The molecule has 2 aromatic rings. The number of furan rings is 1. The number of nitrogens with zero attached hydrogens (tertiary/aromatic N) is 1. The van der Waals surface area contributed by atoms with E-state index in [0.29, 0.717) is 37.0 Å². The molecule has 0 saturated carbocycles. The number of rotatable bonds is 5. The molecule has 27 heavy (non-hydrogen) atoms. The molecule has 1 atom stereocenters. The fraction of sp³-hybridized carbons (Fsp3) is 0.368. The van der Waals surface area contributed by atoms with Crippen LogP contribution in [0, 0.1) is 5.92 Å². The molecule has 146 valence electrons. The number of halogens is 2. The van der Waals surface area contributed by atoms with Gasteiger partial charge in [-0.3, -0.25) is 9.59 Å². The van der Waals surface area contributed by atoms with Crippen LogP contribution < -0.4 is 11.1 Å². The Kier molecular flexibility index (Phi) is 7.71. The number of nitrogens with two attached hydrogens (primary N) is 1. The average Bonchev–Trinajstić information content (AvgIpc) is 3.16. The fourth-order valence-electron chi connectivity index (χ4n) is 3.13. The second-order valence-electron chi connectivity index (χ2n) is 6.31. The minimum absolute atomic E-state index is 0. The third-order valence-electron chi connectivity index (χ3n) is 4.48. The fourth-order valence-corrected chi connectivity index (χ4v) is 3.36. The number of carbonyl (C=O) groups is 2. The Labute approximate surface area is 169 Å². The van der Waals surface area contributed by atoms with Crippen LogP contribution in [0.3, 0.4) is 0 Å². The summed E-state index contributed by atoms with van der Waals surface area (Å²) < 4.78 is 5.73. The lowest BCUT2D eigenvalue weighted by Gasteiger charge is -2.31. The number of piperidine rings is 1. The highest BCUT2D eigenvalue weighted by molar-refractivity contribution is 6.33. The van der Waals surface area contributed by atoms with E-state index < -0.39 is 0 Å². The van der Waals surface area contributed by atoms with Crippen LogP contribution in [0.4, 0.5) is 0 Å². The van der Waals surface area contributed by atoms with Crippen LogP contribution in [0.2, 0.25) is 5.02 Å². The summed E-state index contributed by atoms with van der Waals surface area (Å²) in [7, 11) is 0. The molecule has 2 heterocycles. The summed E-state index contributed by atoms with van der Waals surface area (Å²) in [5, 5.41) is 3.36. The van der Waals surface area contributed by atoms with Gasteiger partial charge in [0.2, 0.25) is 5.91 Å². The lowest BCUT2D eigenvalue weighted by Crippen LogP contribution is -2.46. The van der Waals surface area contributed by atoms with Gasteiger partial charge in [0.1, 0.15) is 5.76 Å². The van der Waals surface area contributed by atoms with Crippen LogP contribution in [0.5, 0.6) is 0 Å². The van der Waals surface area contributed by atoms with E-state index in [0.717, 1.165) is 18.4 Å². The Morgan fingerprint density at radius 2 is 2.04 bits per heavy atom. The molecule has 1 aromatic carbocycles. The third kappa shape index (κ3) is 5.03. The van der Waals surface area contributed by atoms with Crippen molar-refractivity contribution >= 4 is 35.8 Å². The second-order valence-corrected chi connectivity index (χ2v) is 6.72. The Bertz CT molecular complexity index is 794. The maximum Gasteiger partial charge on any atom is 0.289 e. The Morgan fingerprint density at radius 1 is 1.26 bits per heavy atom. The van der Waals surface area contributed by atoms with Gasteiger partial charge in [0.15, 0.2) is 5.76 Å². The predicted octanol–water partition coefficient (Wildman–Crippen LogP) is 2.95. The van der Waals surface area contributed by atoms with Crippen LogP contribution in [0.15, 0.2) is 40.8 Å². The number of amides is 2. The number of carbonyl (C=O) groups excluding carboxylic acids is 2. The summed E-state index contributed by atoms with van der Waals surface area (Å²) in [5.74, 6) is 0.331. The molecule has 1 saturated heterocycles. The van der Waals surface area contributed by atoms with Crippen LogP contribution in [0.25, 0.3) is 11.3 Å². The molecule has 8 heteroatoms. The van der Waals surface area contributed by atoms with Gasteiger partial charge < -0.3 is 20.4 Å². The van der Waals surface area contributed by atoms with E-state index in [9.17, 15) is 9.59 Å². The monoisotopic (exact) mass is 411 g/mol.